The Bertz CT molecular complexity index is 846. The number of carbonyl (C=O) groups is 1. The number of Topliss-reactive ketones (excluding diaryl/α,β-unsaturated/α-hetero) is 1. The second-order valence-corrected chi connectivity index (χ2v) is 6.82. The monoisotopic (exact) mass is 324 g/mol. The van der Waals surface area contributed by atoms with Crippen LogP contribution < -0.4 is 0 Å². The Labute approximate surface area is 139 Å². The average molecular weight is 324 g/mol. The van der Waals surface area contributed by atoms with Crippen LogP contribution >= 0.6 is 11.3 Å². The molecule has 116 valence electrons. The van der Waals surface area contributed by atoms with Crippen LogP contribution in [0.4, 0.5) is 4.39 Å². The number of rotatable bonds is 4. The third-order valence-corrected chi connectivity index (χ3v) is 5.05. The van der Waals surface area contributed by atoms with Crippen molar-refractivity contribution in [1.82, 2.24) is 0 Å². The van der Waals surface area contributed by atoms with E-state index in [1.165, 1.54) is 28.1 Å². The molecule has 1 aromatic heterocycles. The molecule has 0 aliphatic rings. The highest BCUT2D eigenvalue weighted by molar-refractivity contribution is 7.15. The highest BCUT2D eigenvalue weighted by Crippen LogP contribution is 2.30. The molecular formula is C20H17FOS. The fourth-order valence-corrected chi connectivity index (χ4v) is 3.55. The maximum atomic E-state index is 13.0. The Balaban J connectivity index is 1.86. The van der Waals surface area contributed by atoms with Crippen molar-refractivity contribution in [2.45, 2.75) is 20.3 Å². The lowest BCUT2D eigenvalue weighted by atomic mass is 10.00. The Morgan fingerprint density at radius 1 is 1.04 bits per heavy atom. The van der Waals surface area contributed by atoms with E-state index in [4.69, 9.17) is 0 Å². The van der Waals surface area contributed by atoms with Crippen molar-refractivity contribution in [2.24, 2.45) is 0 Å². The number of thiophene rings is 1. The first-order chi connectivity index (χ1) is 11.0. The lowest BCUT2D eigenvalue weighted by molar-refractivity contribution is 0.101. The largest absolute Gasteiger partial charge is 0.295 e. The number of aryl methyl sites for hydroxylation is 1. The summed E-state index contributed by atoms with van der Waals surface area (Å²) in [7, 11) is 0. The van der Waals surface area contributed by atoms with Gasteiger partial charge >= 0.3 is 0 Å². The van der Waals surface area contributed by atoms with Crippen LogP contribution in [0.1, 0.15) is 33.3 Å². The van der Waals surface area contributed by atoms with Crippen molar-refractivity contribution in [2.75, 3.05) is 0 Å². The molecule has 0 N–H and O–H groups in total. The van der Waals surface area contributed by atoms with Crippen molar-refractivity contribution in [3.8, 4) is 10.4 Å². The van der Waals surface area contributed by atoms with Gasteiger partial charge in [-0.2, -0.15) is 0 Å². The topological polar surface area (TPSA) is 17.1 Å². The molecule has 3 heteroatoms. The van der Waals surface area contributed by atoms with Crippen molar-refractivity contribution in [3.63, 3.8) is 0 Å². The molecule has 0 aliphatic carbocycles. The van der Waals surface area contributed by atoms with Crippen LogP contribution in [0.2, 0.25) is 0 Å². The molecule has 0 saturated heterocycles. The molecule has 0 spiro atoms. The molecule has 0 bridgehead atoms. The zero-order valence-corrected chi connectivity index (χ0v) is 13.9. The molecule has 3 aromatic rings. The maximum absolute atomic E-state index is 13.0. The van der Waals surface area contributed by atoms with E-state index >= 15 is 0 Å². The fourth-order valence-electron chi connectivity index (χ4n) is 2.51. The summed E-state index contributed by atoms with van der Waals surface area (Å²) in [5.41, 5.74) is 4.13. The Morgan fingerprint density at radius 2 is 1.78 bits per heavy atom. The summed E-state index contributed by atoms with van der Waals surface area (Å²) in [6, 6.07) is 16.6. The van der Waals surface area contributed by atoms with Gasteiger partial charge in [0.25, 0.3) is 0 Å². The molecule has 0 radical (unpaired) electrons. The number of halogens is 1. The standard InChI is InChI=1S/C20H17FOS/c1-13-3-4-16(14(2)22)11-17(13)12-19-9-10-20(23-19)15-5-7-18(21)8-6-15/h3-11H,12H2,1-2H3. The second-order valence-electron chi connectivity index (χ2n) is 5.65. The predicted octanol–water partition coefficient (Wildman–Crippen LogP) is 5.66. The van der Waals surface area contributed by atoms with Crippen molar-refractivity contribution in [3.05, 3.63) is 82.0 Å². The van der Waals surface area contributed by atoms with Crippen LogP contribution in [0, 0.1) is 12.7 Å². The van der Waals surface area contributed by atoms with Crippen LogP contribution in [0.15, 0.2) is 54.6 Å². The van der Waals surface area contributed by atoms with E-state index in [0.717, 1.165) is 22.4 Å². The average Bonchev–Trinajstić information content (AvgIpc) is 2.98. The lowest BCUT2D eigenvalue weighted by Crippen LogP contribution is -1.96. The molecule has 1 nitrogen and oxygen atoms in total. The minimum Gasteiger partial charge on any atom is -0.295 e. The second kappa shape index (κ2) is 6.47. The molecule has 0 aliphatic heterocycles. The molecule has 23 heavy (non-hydrogen) atoms. The van der Waals surface area contributed by atoms with Gasteiger partial charge in [-0.15, -0.1) is 11.3 Å². The quantitative estimate of drug-likeness (QED) is 0.566. The van der Waals surface area contributed by atoms with Gasteiger partial charge in [0, 0.05) is 21.7 Å². The molecule has 1 heterocycles. The Morgan fingerprint density at radius 3 is 2.48 bits per heavy atom. The maximum Gasteiger partial charge on any atom is 0.159 e. The molecule has 3 rings (SSSR count). The minimum atomic E-state index is -0.220. The van der Waals surface area contributed by atoms with Gasteiger partial charge in [-0.25, -0.2) is 4.39 Å². The lowest BCUT2D eigenvalue weighted by Gasteiger charge is -2.06. The fraction of sp³-hybridized carbons (Fsp3) is 0.150. The summed E-state index contributed by atoms with van der Waals surface area (Å²) in [5, 5.41) is 0. The van der Waals surface area contributed by atoms with Crippen LogP contribution in [-0.4, -0.2) is 5.78 Å². The Hall–Kier alpha value is -2.26. The number of ketones is 1. The first-order valence-electron chi connectivity index (χ1n) is 7.48. The van der Waals surface area contributed by atoms with Crippen LogP contribution in [0.25, 0.3) is 10.4 Å². The summed E-state index contributed by atoms with van der Waals surface area (Å²) in [4.78, 5) is 13.9. The molecule has 0 unspecified atom stereocenters. The third kappa shape index (κ3) is 3.57. The molecule has 0 amide bonds. The normalized spacial score (nSPS) is 10.7. The van der Waals surface area contributed by atoms with E-state index in [-0.39, 0.29) is 11.6 Å². The summed E-state index contributed by atoms with van der Waals surface area (Å²) < 4.78 is 13.0. The molecule has 0 fully saturated rings. The first kappa shape index (κ1) is 15.6. The molecular weight excluding hydrogens is 307 g/mol. The molecule has 2 aromatic carbocycles. The highest BCUT2D eigenvalue weighted by Gasteiger charge is 2.08. The smallest absolute Gasteiger partial charge is 0.159 e. The number of hydrogen-bond donors (Lipinski definition) is 0. The first-order valence-corrected chi connectivity index (χ1v) is 8.30. The van der Waals surface area contributed by atoms with E-state index in [0.29, 0.717) is 0 Å². The van der Waals surface area contributed by atoms with Crippen LogP contribution in [0.5, 0.6) is 0 Å². The van der Waals surface area contributed by atoms with E-state index in [2.05, 4.69) is 19.1 Å². The molecule has 0 atom stereocenters. The number of benzene rings is 2. The summed E-state index contributed by atoms with van der Waals surface area (Å²) in [6.45, 7) is 3.65. The van der Waals surface area contributed by atoms with Gasteiger partial charge in [0.2, 0.25) is 0 Å². The zero-order valence-electron chi connectivity index (χ0n) is 13.1. The van der Waals surface area contributed by atoms with E-state index in [1.54, 1.807) is 30.4 Å². The van der Waals surface area contributed by atoms with Crippen molar-refractivity contribution >= 4 is 17.1 Å². The SMILES string of the molecule is CC(=O)c1ccc(C)c(Cc2ccc(-c3ccc(F)cc3)s2)c1. The van der Waals surface area contributed by atoms with E-state index < -0.39 is 0 Å². The zero-order chi connectivity index (χ0) is 16.4. The van der Waals surface area contributed by atoms with E-state index in [9.17, 15) is 9.18 Å². The van der Waals surface area contributed by atoms with Crippen LogP contribution in [-0.2, 0) is 6.42 Å². The third-order valence-electron chi connectivity index (χ3n) is 3.91. The predicted molar refractivity (Wildman–Crippen MR) is 93.7 cm³/mol. The van der Waals surface area contributed by atoms with Gasteiger partial charge in [-0.1, -0.05) is 24.3 Å². The van der Waals surface area contributed by atoms with Crippen molar-refractivity contribution in [1.29, 1.82) is 0 Å². The minimum absolute atomic E-state index is 0.0874. The number of hydrogen-bond acceptors (Lipinski definition) is 2. The number of carbonyl (C=O) groups excluding carboxylic acids is 1. The summed E-state index contributed by atoms with van der Waals surface area (Å²) in [5.74, 6) is -0.133. The van der Waals surface area contributed by atoms with Gasteiger partial charge in [0.15, 0.2) is 5.78 Å². The van der Waals surface area contributed by atoms with Crippen LogP contribution in [0.3, 0.4) is 0 Å². The van der Waals surface area contributed by atoms with E-state index in [1.807, 2.05) is 18.2 Å². The highest BCUT2D eigenvalue weighted by atomic mass is 32.1. The Kier molecular flexibility index (Phi) is 4.39. The summed E-state index contributed by atoms with van der Waals surface area (Å²) >= 11 is 1.70. The van der Waals surface area contributed by atoms with Crippen molar-refractivity contribution < 1.29 is 9.18 Å². The van der Waals surface area contributed by atoms with Gasteiger partial charge in [-0.05, 0) is 60.9 Å². The van der Waals surface area contributed by atoms with Gasteiger partial charge in [-0.3, -0.25) is 4.79 Å². The van der Waals surface area contributed by atoms with Gasteiger partial charge in [0.1, 0.15) is 5.82 Å². The van der Waals surface area contributed by atoms with Gasteiger partial charge in [0.05, 0.1) is 0 Å². The van der Waals surface area contributed by atoms with Gasteiger partial charge < -0.3 is 0 Å². The molecule has 0 saturated carbocycles. The summed E-state index contributed by atoms with van der Waals surface area (Å²) in [6.07, 6.45) is 0.804.